The predicted octanol–water partition coefficient (Wildman–Crippen LogP) is 3.47. The van der Waals surface area contributed by atoms with Crippen LogP contribution in [0.4, 0.5) is 14.7 Å². The van der Waals surface area contributed by atoms with Gasteiger partial charge in [0, 0.05) is 24.3 Å². The van der Waals surface area contributed by atoms with Gasteiger partial charge in [0.15, 0.2) is 10.9 Å². The van der Waals surface area contributed by atoms with E-state index in [2.05, 4.69) is 10.3 Å². The summed E-state index contributed by atoms with van der Waals surface area (Å²) in [5, 5.41) is 4.78. The molecule has 0 bridgehead atoms. The van der Waals surface area contributed by atoms with Crippen molar-refractivity contribution in [3.8, 4) is 0 Å². The highest BCUT2D eigenvalue weighted by atomic mass is 32.1. The van der Waals surface area contributed by atoms with Crippen molar-refractivity contribution in [1.29, 1.82) is 0 Å². The molecule has 1 aromatic heterocycles. The van der Waals surface area contributed by atoms with E-state index >= 15 is 0 Å². The smallest absolute Gasteiger partial charge is 0.413 e. The lowest BCUT2D eigenvalue weighted by atomic mass is 10.0. The number of carbonyl (C=O) groups excluding carboxylic acids is 3. The van der Waals surface area contributed by atoms with Crippen molar-refractivity contribution in [3.63, 3.8) is 0 Å². The number of hydrogen-bond donors (Lipinski definition) is 1. The minimum Gasteiger partial charge on any atom is -0.444 e. The van der Waals surface area contributed by atoms with Gasteiger partial charge in [-0.1, -0.05) is 0 Å². The van der Waals surface area contributed by atoms with E-state index in [0.29, 0.717) is 23.8 Å². The minimum atomic E-state index is -0.602. The van der Waals surface area contributed by atoms with Crippen molar-refractivity contribution in [2.45, 2.75) is 59.2 Å². The third kappa shape index (κ3) is 6.82. The summed E-state index contributed by atoms with van der Waals surface area (Å²) < 4.78 is 10.5. The number of nitrogens with zero attached hydrogens (tertiary/aromatic N) is 2. The first-order valence-electron chi connectivity index (χ1n) is 8.77. The van der Waals surface area contributed by atoms with Crippen molar-refractivity contribution in [3.05, 3.63) is 11.1 Å². The fourth-order valence-corrected chi connectivity index (χ4v) is 3.20. The van der Waals surface area contributed by atoms with Gasteiger partial charge in [-0.2, -0.15) is 0 Å². The highest BCUT2D eigenvalue weighted by Crippen LogP contribution is 2.23. The van der Waals surface area contributed by atoms with Gasteiger partial charge in [0.1, 0.15) is 11.2 Å². The van der Waals surface area contributed by atoms with E-state index in [1.165, 1.54) is 16.2 Å². The molecule has 1 aliphatic heterocycles. The fraction of sp³-hybridized carbons (Fsp3) is 0.667. The van der Waals surface area contributed by atoms with Crippen LogP contribution in [0.5, 0.6) is 0 Å². The zero-order chi connectivity index (χ0) is 20.4. The van der Waals surface area contributed by atoms with Crippen LogP contribution in [0.3, 0.4) is 0 Å². The third-order valence-electron chi connectivity index (χ3n) is 3.51. The summed E-state index contributed by atoms with van der Waals surface area (Å²) in [6.07, 6.45) is -0.648. The standard InChI is InChI=1S/C18H27N3O5S/c1-17(2,3)25-15(23)20-14-19-12(10-27-14)7-11-8-21(9-13(11)22)16(24)26-18(4,5)6/h10-11H,7-9H2,1-6H3,(H,19,20,23). The number of thiazole rings is 1. The van der Waals surface area contributed by atoms with Gasteiger partial charge < -0.3 is 14.4 Å². The van der Waals surface area contributed by atoms with Crippen LogP contribution in [0.2, 0.25) is 0 Å². The lowest BCUT2D eigenvalue weighted by molar-refractivity contribution is -0.119. The molecule has 1 N–H and O–H groups in total. The largest absolute Gasteiger partial charge is 0.444 e. The molecule has 1 saturated heterocycles. The van der Waals surface area contributed by atoms with E-state index in [0.717, 1.165) is 0 Å². The topological polar surface area (TPSA) is 97.8 Å². The molecule has 1 unspecified atom stereocenters. The summed E-state index contributed by atoms with van der Waals surface area (Å²) in [5.41, 5.74) is -0.503. The second kappa shape index (κ2) is 7.84. The number of likely N-dealkylation sites (tertiary alicyclic amines) is 1. The van der Waals surface area contributed by atoms with Crippen LogP contribution < -0.4 is 5.32 Å². The molecule has 1 aromatic rings. The Hall–Kier alpha value is -2.16. The average molecular weight is 397 g/mol. The maximum absolute atomic E-state index is 12.2. The summed E-state index contributed by atoms with van der Waals surface area (Å²) in [6, 6.07) is 0. The number of nitrogens with one attached hydrogen (secondary N) is 1. The first-order valence-corrected chi connectivity index (χ1v) is 9.65. The van der Waals surface area contributed by atoms with Crippen molar-refractivity contribution in [2.75, 3.05) is 18.4 Å². The molecule has 1 aliphatic rings. The molecule has 150 valence electrons. The highest BCUT2D eigenvalue weighted by molar-refractivity contribution is 7.13. The van der Waals surface area contributed by atoms with Crippen LogP contribution in [-0.2, 0) is 20.7 Å². The van der Waals surface area contributed by atoms with Crippen LogP contribution in [0, 0.1) is 5.92 Å². The third-order valence-corrected chi connectivity index (χ3v) is 4.32. The SMILES string of the molecule is CC(C)(C)OC(=O)Nc1nc(CC2CN(C(=O)OC(C)(C)C)CC2=O)cs1. The maximum Gasteiger partial charge on any atom is 0.413 e. The second-order valence-electron chi connectivity index (χ2n) is 8.50. The lowest BCUT2D eigenvalue weighted by Crippen LogP contribution is -2.35. The Labute approximate surface area is 163 Å². The molecule has 0 aromatic carbocycles. The molecule has 2 heterocycles. The number of carbonyl (C=O) groups is 3. The zero-order valence-corrected chi connectivity index (χ0v) is 17.4. The molecule has 0 saturated carbocycles. The summed E-state index contributed by atoms with van der Waals surface area (Å²) in [4.78, 5) is 41.9. The lowest BCUT2D eigenvalue weighted by Gasteiger charge is -2.23. The molecule has 0 radical (unpaired) electrons. The molecule has 27 heavy (non-hydrogen) atoms. The van der Waals surface area contributed by atoms with Gasteiger partial charge >= 0.3 is 12.2 Å². The van der Waals surface area contributed by atoms with Crippen molar-refractivity contribution < 1.29 is 23.9 Å². The number of aromatic nitrogens is 1. The van der Waals surface area contributed by atoms with E-state index in [1.807, 2.05) is 0 Å². The summed E-state index contributed by atoms with van der Waals surface area (Å²) in [5.74, 6) is -0.343. The number of anilines is 1. The van der Waals surface area contributed by atoms with E-state index in [-0.39, 0.29) is 18.2 Å². The van der Waals surface area contributed by atoms with Crippen molar-refractivity contribution in [2.24, 2.45) is 5.92 Å². The fourth-order valence-electron chi connectivity index (χ4n) is 2.50. The highest BCUT2D eigenvalue weighted by Gasteiger charge is 2.36. The first-order chi connectivity index (χ1) is 12.3. The van der Waals surface area contributed by atoms with Gasteiger partial charge in [-0.3, -0.25) is 10.1 Å². The van der Waals surface area contributed by atoms with Gasteiger partial charge in [0.25, 0.3) is 0 Å². The van der Waals surface area contributed by atoms with Gasteiger partial charge in [-0.15, -0.1) is 11.3 Å². The van der Waals surface area contributed by atoms with Crippen LogP contribution >= 0.6 is 11.3 Å². The summed E-state index contributed by atoms with van der Waals surface area (Å²) in [7, 11) is 0. The van der Waals surface area contributed by atoms with Crippen LogP contribution in [0.1, 0.15) is 47.2 Å². The molecule has 0 spiro atoms. The molecule has 9 heteroatoms. The molecule has 0 aliphatic carbocycles. The second-order valence-corrected chi connectivity index (χ2v) is 9.36. The van der Waals surface area contributed by atoms with Crippen LogP contribution in [-0.4, -0.2) is 52.1 Å². The predicted molar refractivity (Wildman–Crippen MR) is 102 cm³/mol. The van der Waals surface area contributed by atoms with Crippen molar-refractivity contribution >= 4 is 34.4 Å². The Morgan fingerprint density at radius 2 is 1.85 bits per heavy atom. The van der Waals surface area contributed by atoms with E-state index in [1.54, 1.807) is 46.9 Å². The Morgan fingerprint density at radius 1 is 1.22 bits per heavy atom. The van der Waals surface area contributed by atoms with Crippen LogP contribution in [0.25, 0.3) is 0 Å². The average Bonchev–Trinajstić information content (AvgIpc) is 3.03. The molecule has 1 fully saturated rings. The summed E-state index contributed by atoms with van der Waals surface area (Å²) >= 11 is 1.26. The van der Waals surface area contributed by atoms with E-state index < -0.39 is 23.4 Å². The van der Waals surface area contributed by atoms with Crippen molar-refractivity contribution in [1.82, 2.24) is 9.88 Å². The first kappa shape index (κ1) is 21.1. The van der Waals surface area contributed by atoms with Crippen LogP contribution in [0.15, 0.2) is 5.38 Å². The number of hydrogen-bond acceptors (Lipinski definition) is 7. The number of rotatable bonds is 3. The van der Waals surface area contributed by atoms with Gasteiger partial charge in [-0.25, -0.2) is 14.6 Å². The quantitative estimate of drug-likeness (QED) is 0.839. The molecule has 1 atom stereocenters. The summed E-state index contributed by atoms with van der Waals surface area (Å²) in [6.45, 7) is 11.1. The Morgan fingerprint density at radius 3 is 2.44 bits per heavy atom. The van der Waals surface area contributed by atoms with Gasteiger partial charge in [-0.05, 0) is 41.5 Å². The molecule has 2 amide bonds. The molecular formula is C18H27N3O5S. The van der Waals surface area contributed by atoms with Gasteiger partial charge in [0.2, 0.25) is 0 Å². The van der Waals surface area contributed by atoms with E-state index in [9.17, 15) is 14.4 Å². The number of Topliss-reactive ketones (excluding diaryl/α,β-unsaturated/α-hetero) is 1. The molecular weight excluding hydrogens is 370 g/mol. The monoisotopic (exact) mass is 397 g/mol. The number of ether oxygens (including phenoxy) is 2. The van der Waals surface area contributed by atoms with Gasteiger partial charge in [0.05, 0.1) is 12.2 Å². The minimum absolute atomic E-state index is 0.0180. The Balaban J connectivity index is 1.90. The Bertz CT molecular complexity index is 717. The maximum atomic E-state index is 12.2. The Kier molecular flexibility index (Phi) is 6.14. The number of amides is 2. The van der Waals surface area contributed by atoms with E-state index in [4.69, 9.17) is 9.47 Å². The molecule has 8 nitrogen and oxygen atoms in total. The number of ketones is 1. The normalized spacial score (nSPS) is 17.8. The molecule has 2 rings (SSSR count). The zero-order valence-electron chi connectivity index (χ0n) is 16.6.